The molecule has 0 fully saturated rings. The number of carbonyl (C=O) groups excluding carboxylic acids is 1. The third-order valence-electron chi connectivity index (χ3n) is 2.84. The standard InChI is InChI=1S/C17H18N2O2/c1-13-3-5-16(6-4-13)12-21-17-9-7-15(8-10-17)11-18-19-14(2)20/h3-11H,12H2,1-2H3,(H,19,20)/b18-11+. The number of carbonyl (C=O) groups is 1. The van der Waals surface area contributed by atoms with Crippen LogP contribution in [0.3, 0.4) is 0 Å². The van der Waals surface area contributed by atoms with E-state index in [1.54, 1.807) is 6.21 Å². The lowest BCUT2D eigenvalue weighted by molar-refractivity contribution is -0.118. The molecule has 1 amide bonds. The lowest BCUT2D eigenvalue weighted by atomic mass is 10.2. The summed E-state index contributed by atoms with van der Waals surface area (Å²) in [4.78, 5) is 10.7. The first-order chi connectivity index (χ1) is 10.1. The third kappa shape index (κ3) is 5.10. The van der Waals surface area contributed by atoms with Crippen LogP contribution >= 0.6 is 0 Å². The van der Waals surface area contributed by atoms with Gasteiger partial charge in [-0.3, -0.25) is 4.79 Å². The minimum absolute atomic E-state index is 0.190. The summed E-state index contributed by atoms with van der Waals surface area (Å²) in [6, 6.07) is 15.8. The largest absolute Gasteiger partial charge is 0.489 e. The molecule has 0 spiro atoms. The molecule has 108 valence electrons. The molecule has 2 aromatic rings. The lowest BCUT2D eigenvalue weighted by Crippen LogP contribution is -2.12. The predicted molar refractivity (Wildman–Crippen MR) is 83.4 cm³/mol. The van der Waals surface area contributed by atoms with Gasteiger partial charge in [0.25, 0.3) is 0 Å². The van der Waals surface area contributed by atoms with E-state index in [9.17, 15) is 4.79 Å². The van der Waals surface area contributed by atoms with Crippen molar-refractivity contribution in [3.05, 3.63) is 65.2 Å². The van der Waals surface area contributed by atoms with E-state index < -0.39 is 0 Å². The third-order valence-corrected chi connectivity index (χ3v) is 2.84. The van der Waals surface area contributed by atoms with Gasteiger partial charge in [-0.2, -0.15) is 5.10 Å². The summed E-state index contributed by atoms with van der Waals surface area (Å²) in [6.45, 7) is 4.02. The van der Waals surface area contributed by atoms with Crippen LogP contribution in [0.5, 0.6) is 5.75 Å². The molecule has 0 unspecified atom stereocenters. The number of rotatable bonds is 5. The quantitative estimate of drug-likeness (QED) is 0.677. The van der Waals surface area contributed by atoms with Crippen molar-refractivity contribution in [3.63, 3.8) is 0 Å². The second kappa shape index (κ2) is 7.24. The molecule has 21 heavy (non-hydrogen) atoms. The van der Waals surface area contributed by atoms with Gasteiger partial charge >= 0.3 is 0 Å². The number of nitrogens with zero attached hydrogens (tertiary/aromatic N) is 1. The molecule has 4 heteroatoms. The van der Waals surface area contributed by atoms with Crippen molar-refractivity contribution in [1.82, 2.24) is 5.43 Å². The number of hydrogen-bond donors (Lipinski definition) is 1. The molecule has 0 aromatic heterocycles. The molecule has 0 saturated heterocycles. The fraction of sp³-hybridized carbons (Fsp3) is 0.176. The van der Waals surface area contributed by atoms with E-state index in [0.29, 0.717) is 6.61 Å². The number of hydrogen-bond acceptors (Lipinski definition) is 3. The SMILES string of the molecule is CC(=O)N/N=C/c1ccc(OCc2ccc(C)cc2)cc1. The summed E-state index contributed by atoms with van der Waals surface area (Å²) in [7, 11) is 0. The van der Waals surface area contributed by atoms with E-state index in [2.05, 4.69) is 41.7 Å². The zero-order chi connectivity index (χ0) is 15.1. The highest BCUT2D eigenvalue weighted by Crippen LogP contribution is 2.13. The van der Waals surface area contributed by atoms with E-state index in [4.69, 9.17) is 4.74 Å². The highest BCUT2D eigenvalue weighted by molar-refractivity contribution is 5.81. The topological polar surface area (TPSA) is 50.7 Å². The first-order valence-electron chi connectivity index (χ1n) is 6.71. The maximum Gasteiger partial charge on any atom is 0.236 e. The average Bonchev–Trinajstić information content (AvgIpc) is 2.48. The Morgan fingerprint density at radius 1 is 1.14 bits per heavy atom. The first kappa shape index (κ1) is 14.8. The van der Waals surface area contributed by atoms with Crippen molar-refractivity contribution < 1.29 is 9.53 Å². The number of benzene rings is 2. The molecule has 0 aliphatic heterocycles. The number of nitrogens with one attached hydrogen (secondary N) is 1. The second-order valence-electron chi connectivity index (χ2n) is 4.77. The van der Waals surface area contributed by atoms with Crippen molar-refractivity contribution in [2.45, 2.75) is 20.5 Å². The molecule has 0 saturated carbocycles. The Balaban J connectivity index is 1.88. The molecule has 2 rings (SSSR count). The van der Waals surface area contributed by atoms with Crippen LogP contribution in [-0.4, -0.2) is 12.1 Å². The molecule has 0 atom stereocenters. The van der Waals surface area contributed by atoms with Gasteiger partial charge < -0.3 is 4.74 Å². The first-order valence-corrected chi connectivity index (χ1v) is 6.71. The van der Waals surface area contributed by atoms with E-state index in [1.165, 1.54) is 12.5 Å². The van der Waals surface area contributed by atoms with Gasteiger partial charge in [0.1, 0.15) is 12.4 Å². The summed E-state index contributed by atoms with van der Waals surface area (Å²) in [5.74, 6) is 0.608. The highest BCUT2D eigenvalue weighted by atomic mass is 16.5. The summed E-state index contributed by atoms with van der Waals surface area (Å²) < 4.78 is 5.72. The molecule has 0 aliphatic carbocycles. The molecule has 4 nitrogen and oxygen atoms in total. The predicted octanol–water partition coefficient (Wildman–Crippen LogP) is 3.04. The molecular weight excluding hydrogens is 264 g/mol. The van der Waals surface area contributed by atoms with Gasteiger partial charge in [0.05, 0.1) is 6.21 Å². The summed E-state index contributed by atoms with van der Waals surface area (Å²) in [5.41, 5.74) is 5.63. The van der Waals surface area contributed by atoms with Gasteiger partial charge in [-0.25, -0.2) is 5.43 Å². The van der Waals surface area contributed by atoms with Crippen molar-refractivity contribution in [1.29, 1.82) is 0 Å². The maximum atomic E-state index is 10.7. The Labute approximate surface area is 124 Å². The summed E-state index contributed by atoms with van der Waals surface area (Å²) >= 11 is 0. The zero-order valence-corrected chi connectivity index (χ0v) is 12.2. The Morgan fingerprint density at radius 2 is 1.81 bits per heavy atom. The monoisotopic (exact) mass is 282 g/mol. The Bertz CT molecular complexity index is 616. The lowest BCUT2D eigenvalue weighted by Gasteiger charge is -2.06. The second-order valence-corrected chi connectivity index (χ2v) is 4.77. The van der Waals surface area contributed by atoms with E-state index in [1.807, 2.05) is 24.3 Å². The van der Waals surface area contributed by atoms with Crippen LogP contribution in [-0.2, 0) is 11.4 Å². The zero-order valence-electron chi connectivity index (χ0n) is 12.2. The Kier molecular flexibility index (Phi) is 5.10. The minimum Gasteiger partial charge on any atom is -0.489 e. The molecule has 1 N–H and O–H groups in total. The van der Waals surface area contributed by atoms with Crippen molar-refractivity contribution in [2.75, 3.05) is 0 Å². The maximum absolute atomic E-state index is 10.7. The molecule has 0 heterocycles. The van der Waals surface area contributed by atoms with Crippen LogP contribution in [0.15, 0.2) is 53.6 Å². The van der Waals surface area contributed by atoms with Gasteiger partial charge in [-0.05, 0) is 42.3 Å². The molecule has 2 aromatic carbocycles. The van der Waals surface area contributed by atoms with Gasteiger partial charge in [-0.1, -0.05) is 29.8 Å². The van der Waals surface area contributed by atoms with Gasteiger partial charge in [-0.15, -0.1) is 0 Å². The smallest absolute Gasteiger partial charge is 0.236 e. The van der Waals surface area contributed by atoms with Crippen LogP contribution in [0.25, 0.3) is 0 Å². The summed E-state index contributed by atoms with van der Waals surface area (Å²) in [5, 5.41) is 3.81. The highest BCUT2D eigenvalue weighted by Gasteiger charge is 1.96. The van der Waals surface area contributed by atoms with Gasteiger partial charge in [0.2, 0.25) is 5.91 Å². The van der Waals surface area contributed by atoms with Crippen molar-refractivity contribution >= 4 is 12.1 Å². The number of ether oxygens (including phenoxy) is 1. The fourth-order valence-corrected chi connectivity index (χ4v) is 1.70. The van der Waals surface area contributed by atoms with Crippen LogP contribution < -0.4 is 10.2 Å². The Morgan fingerprint density at radius 3 is 2.43 bits per heavy atom. The number of aryl methyl sites for hydroxylation is 1. The number of hydrazone groups is 1. The van der Waals surface area contributed by atoms with Crippen LogP contribution in [0.1, 0.15) is 23.6 Å². The van der Waals surface area contributed by atoms with E-state index in [-0.39, 0.29) is 5.91 Å². The molecular formula is C17H18N2O2. The van der Waals surface area contributed by atoms with Gasteiger partial charge in [0, 0.05) is 6.92 Å². The van der Waals surface area contributed by atoms with Crippen molar-refractivity contribution in [2.24, 2.45) is 5.10 Å². The normalized spacial score (nSPS) is 10.6. The summed E-state index contributed by atoms with van der Waals surface area (Å²) in [6.07, 6.45) is 1.59. The number of amides is 1. The minimum atomic E-state index is -0.190. The Hall–Kier alpha value is -2.62. The van der Waals surface area contributed by atoms with Crippen molar-refractivity contribution in [3.8, 4) is 5.75 Å². The fourth-order valence-electron chi connectivity index (χ4n) is 1.70. The van der Waals surface area contributed by atoms with E-state index >= 15 is 0 Å². The van der Waals surface area contributed by atoms with Crippen LogP contribution in [0.4, 0.5) is 0 Å². The molecule has 0 radical (unpaired) electrons. The molecule has 0 aliphatic rings. The average molecular weight is 282 g/mol. The van der Waals surface area contributed by atoms with Crippen LogP contribution in [0.2, 0.25) is 0 Å². The van der Waals surface area contributed by atoms with Gasteiger partial charge in [0.15, 0.2) is 0 Å². The van der Waals surface area contributed by atoms with Crippen LogP contribution in [0, 0.1) is 6.92 Å². The molecule has 0 bridgehead atoms. The van der Waals surface area contributed by atoms with E-state index in [0.717, 1.165) is 16.9 Å².